The largest absolute Gasteiger partial charge is 0.380 e. The summed E-state index contributed by atoms with van der Waals surface area (Å²) >= 11 is 0. The molecule has 0 spiro atoms. The molecular formula is C18H18N2O3. The third-order valence-electron chi connectivity index (χ3n) is 4.04. The molecule has 2 aliphatic rings. The van der Waals surface area contributed by atoms with Gasteiger partial charge in [-0.15, -0.1) is 0 Å². The molecule has 118 valence electrons. The normalized spacial score (nSPS) is 19.6. The van der Waals surface area contributed by atoms with Gasteiger partial charge in [-0.3, -0.25) is 14.4 Å². The second-order valence-electron chi connectivity index (χ2n) is 5.57. The predicted molar refractivity (Wildman–Crippen MR) is 85.9 cm³/mol. The first-order valence-corrected chi connectivity index (χ1v) is 7.71. The van der Waals surface area contributed by atoms with E-state index in [1.54, 1.807) is 24.3 Å². The van der Waals surface area contributed by atoms with E-state index in [2.05, 4.69) is 5.32 Å². The maximum atomic E-state index is 12.9. The van der Waals surface area contributed by atoms with Gasteiger partial charge >= 0.3 is 0 Å². The highest BCUT2D eigenvalue weighted by molar-refractivity contribution is 6.27. The van der Waals surface area contributed by atoms with Crippen molar-refractivity contribution in [3.8, 4) is 0 Å². The topological polar surface area (TPSA) is 66.5 Å². The monoisotopic (exact) mass is 310 g/mol. The van der Waals surface area contributed by atoms with Gasteiger partial charge in [0.15, 0.2) is 0 Å². The van der Waals surface area contributed by atoms with Crippen LogP contribution in [-0.2, 0) is 4.79 Å². The number of nitrogens with one attached hydrogen (secondary N) is 1. The number of benzene rings is 1. The Labute approximate surface area is 134 Å². The summed E-state index contributed by atoms with van der Waals surface area (Å²) in [6.45, 7) is 2.34. The Balaban J connectivity index is 2.15. The lowest BCUT2D eigenvalue weighted by atomic mass is 9.89. The minimum absolute atomic E-state index is 0.177. The summed E-state index contributed by atoms with van der Waals surface area (Å²) in [6, 6.07) is 6.75. The van der Waals surface area contributed by atoms with E-state index in [1.807, 2.05) is 12.2 Å². The number of fused-ring (bicyclic) bond motifs is 1. The average Bonchev–Trinajstić information content (AvgIpc) is 2.56. The van der Waals surface area contributed by atoms with Crippen molar-refractivity contribution in [2.75, 3.05) is 13.1 Å². The van der Waals surface area contributed by atoms with E-state index in [9.17, 15) is 14.4 Å². The van der Waals surface area contributed by atoms with Crippen molar-refractivity contribution in [2.24, 2.45) is 0 Å². The number of hydrogen-bond acceptors (Lipinski definition) is 4. The molecule has 5 heteroatoms. The van der Waals surface area contributed by atoms with Gasteiger partial charge in [0.05, 0.1) is 0 Å². The Bertz CT molecular complexity index is 746. The zero-order chi connectivity index (χ0) is 16.4. The smallest absolute Gasteiger partial charge is 0.224 e. The van der Waals surface area contributed by atoms with Crippen molar-refractivity contribution < 1.29 is 14.4 Å². The van der Waals surface area contributed by atoms with Gasteiger partial charge in [-0.1, -0.05) is 36.4 Å². The van der Waals surface area contributed by atoms with Gasteiger partial charge in [0.2, 0.25) is 17.5 Å². The molecule has 0 atom stereocenters. The highest BCUT2D eigenvalue weighted by Gasteiger charge is 2.36. The van der Waals surface area contributed by atoms with Gasteiger partial charge in [0.1, 0.15) is 11.4 Å². The van der Waals surface area contributed by atoms with Crippen LogP contribution in [0.15, 0.2) is 47.8 Å². The molecule has 0 saturated carbocycles. The molecule has 1 aromatic rings. The summed E-state index contributed by atoms with van der Waals surface area (Å²) in [5, 5.41) is 3.06. The van der Waals surface area contributed by atoms with Crippen molar-refractivity contribution >= 4 is 17.5 Å². The number of Topliss-reactive ketones (excluding diaryl/α,β-unsaturated/α-hetero) is 2. The Hall–Kier alpha value is -2.69. The second-order valence-corrected chi connectivity index (χ2v) is 5.57. The molecule has 0 saturated heterocycles. The van der Waals surface area contributed by atoms with E-state index < -0.39 is 0 Å². The van der Waals surface area contributed by atoms with Crippen LogP contribution in [0.3, 0.4) is 0 Å². The van der Waals surface area contributed by atoms with E-state index in [0.29, 0.717) is 30.6 Å². The predicted octanol–water partition coefficient (Wildman–Crippen LogP) is 2.07. The summed E-state index contributed by atoms with van der Waals surface area (Å²) in [6.07, 6.45) is 5.42. The van der Waals surface area contributed by atoms with Gasteiger partial charge in [-0.2, -0.15) is 0 Å². The van der Waals surface area contributed by atoms with Gasteiger partial charge < -0.3 is 10.2 Å². The lowest BCUT2D eigenvalue weighted by molar-refractivity contribution is -0.126. The zero-order valence-electron chi connectivity index (χ0n) is 13.0. The van der Waals surface area contributed by atoms with Crippen LogP contribution in [0.2, 0.25) is 0 Å². The van der Waals surface area contributed by atoms with E-state index >= 15 is 0 Å². The van der Waals surface area contributed by atoms with Gasteiger partial charge in [-0.05, 0) is 12.8 Å². The number of ketones is 2. The summed E-state index contributed by atoms with van der Waals surface area (Å²) in [5.74, 6) is -0.748. The Morgan fingerprint density at radius 1 is 1.04 bits per heavy atom. The molecule has 0 radical (unpaired) electrons. The zero-order valence-corrected chi connectivity index (χ0v) is 13.0. The number of hydrogen-bond donors (Lipinski definition) is 1. The fourth-order valence-corrected chi connectivity index (χ4v) is 2.93. The Morgan fingerprint density at radius 3 is 2.39 bits per heavy atom. The van der Waals surface area contributed by atoms with Crippen molar-refractivity contribution in [3.63, 3.8) is 0 Å². The van der Waals surface area contributed by atoms with Gasteiger partial charge in [0, 0.05) is 31.1 Å². The quantitative estimate of drug-likeness (QED) is 0.745. The third kappa shape index (κ3) is 2.70. The number of rotatable bonds is 0. The number of carbonyl (C=O) groups is 3. The first kappa shape index (κ1) is 15.2. The minimum atomic E-state index is -0.276. The second kappa shape index (κ2) is 6.20. The standard InChI is InChI=1S/C18H18N2O3/c1-12(21)20-11-7-3-2-6-10-19-15-16(20)18(23)14-9-5-4-8-13(14)17(15)22/h2-5,8-9,19H,6-7,10-11H2,1H3/b3-2-. The van der Waals surface area contributed by atoms with Crippen LogP contribution in [0.1, 0.15) is 40.5 Å². The molecule has 0 bridgehead atoms. The van der Waals surface area contributed by atoms with E-state index in [-0.39, 0.29) is 28.9 Å². The maximum Gasteiger partial charge on any atom is 0.224 e. The van der Waals surface area contributed by atoms with Crippen LogP contribution in [0.4, 0.5) is 0 Å². The fraction of sp³-hybridized carbons (Fsp3) is 0.278. The van der Waals surface area contributed by atoms with Gasteiger partial charge in [0.25, 0.3) is 0 Å². The van der Waals surface area contributed by atoms with Crippen LogP contribution in [0.5, 0.6) is 0 Å². The molecular weight excluding hydrogens is 292 g/mol. The molecule has 1 N–H and O–H groups in total. The van der Waals surface area contributed by atoms with Crippen molar-refractivity contribution in [2.45, 2.75) is 19.8 Å². The van der Waals surface area contributed by atoms with E-state index in [0.717, 1.165) is 6.42 Å². The SMILES string of the molecule is CC(=O)N1CC/C=C\CCNC2=C1C(=O)c1ccccc1C2=O. The molecule has 1 aromatic carbocycles. The van der Waals surface area contributed by atoms with E-state index in [4.69, 9.17) is 0 Å². The highest BCUT2D eigenvalue weighted by atomic mass is 16.2. The first-order valence-electron chi connectivity index (χ1n) is 7.71. The van der Waals surface area contributed by atoms with Crippen LogP contribution in [0.25, 0.3) is 0 Å². The van der Waals surface area contributed by atoms with Crippen LogP contribution in [0, 0.1) is 0 Å². The van der Waals surface area contributed by atoms with Crippen molar-refractivity contribution in [1.82, 2.24) is 10.2 Å². The summed E-state index contributed by atoms with van der Waals surface area (Å²) < 4.78 is 0. The first-order chi connectivity index (χ1) is 11.1. The number of allylic oxidation sites excluding steroid dienone is 2. The molecule has 1 amide bonds. The van der Waals surface area contributed by atoms with Crippen molar-refractivity contribution in [3.05, 3.63) is 58.9 Å². The molecule has 1 aliphatic heterocycles. The molecule has 23 heavy (non-hydrogen) atoms. The molecule has 0 fully saturated rings. The summed E-state index contributed by atoms with van der Waals surface area (Å²) in [7, 11) is 0. The molecule has 0 unspecified atom stereocenters. The highest BCUT2D eigenvalue weighted by Crippen LogP contribution is 2.28. The fourth-order valence-electron chi connectivity index (χ4n) is 2.93. The lowest BCUT2D eigenvalue weighted by Crippen LogP contribution is -2.41. The molecule has 1 heterocycles. The summed E-state index contributed by atoms with van der Waals surface area (Å²) in [5.41, 5.74) is 1.16. The Kier molecular flexibility index (Phi) is 4.10. The minimum Gasteiger partial charge on any atom is -0.380 e. The van der Waals surface area contributed by atoms with E-state index in [1.165, 1.54) is 11.8 Å². The van der Waals surface area contributed by atoms with Crippen LogP contribution < -0.4 is 5.32 Å². The number of carbonyl (C=O) groups excluding carboxylic acids is 3. The summed E-state index contributed by atoms with van der Waals surface area (Å²) in [4.78, 5) is 39.2. The molecule has 5 nitrogen and oxygen atoms in total. The number of amides is 1. The molecule has 3 rings (SSSR count). The van der Waals surface area contributed by atoms with Crippen LogP contribution in [-0.4, -0.2) is 35.5 Å². The number of nitrogens with zero attached hydrogens (tertiary/aromatic N) is 1. The average molecular weight is 310 g/mol. The third-order valence-corrected chi connectivity index (χ3v) is 4.04. The Morgan fingerprint density at radius 2 is 1.70 bits per heavy atom. The molecule has 0 aromatic heterocycles. The maximum absolute atomic E-state index is 12.9. The van der Waals surface area contributed by atoms with Gasteiger partial charge in [-0.25, -0.2) is 0 Å². The van der Waals surface area contributed by atoms with Crippen LogP contribution >= 0.6 is 0 Å². The molecule has 1 aliphatic carbocycles. The van der Waals surface area contributed by atoms with Crippen molar-refractivity contribution in [1.29, 1.82) is 0 Å². The lowest BCUT2D eigenvalue weighted by Gasteiger charge is -2.29.